The number of hydrogen-bond acceptors (Lipinski definition) is 7. The van der Waals surface area contributed by atoms with Crippen molar-refractivity contribution in [2.75, 3.05) is 7.11 Å². The van der Waals surface area contributed by atoms with Crippen LogP contribution in [0.15, 0.2) is 99.9 Å². The van der Waals surface area contributed by atoms with Crippen molar-refractivity contribution < 1.29 is 19.0 Å². The third kappa shape index (κ3) is 5.62. The van der Waals surface area contributed by atoms with Crippen molar-refractivity contribution in [1.29, 1.82) is 0 Å². The smallest absolute Gasteiger partial charge is 0.338 e. The largest absolute Gasteiger partial charge is 0.493 e. The number of benzene rings is 3. The fourth-order valence-electron chi connectivity index (χ4n) is 4.59. The summed E-state index contributed by atoms with van der Waals surface area (Å²) in [5.74, 6) is 0.697. The molecule has 40 heavy (non-hydrogen) atoms. The van der Waals surface area contributed by atoms with Crippen molar-refractivity contribution >= 4 is 23.4 Å². The molecule has 0 spiro atoms. The molecule has 2 heterocycles. The maximum atomic E-state index is 13.8. The number of aromatic nitrogens is 1. The molecule has 1 aliphatic rings. The van der Waals surface area contributed by atoms with Crippen molar-refractivity contribution in [1.82, 2.24) is 4.57 Å². The Morgan fingerprint density at radius 2 is 1.73 bits per heavy atom. The molecule has 0 radical (unpaired) electrons. The van der Waals surface area contributed by atoms with Crippen LogP contribution in [0.5, 0.6) is 11.5 Å². The molecule has 0 aliphatic carbocycles. The molecule has 5 rings (SSSR count). The highest BCUT2D eigenvalue weighted by Gasteiger charge is 2.33. The normalized spacial score (nSPS) is 15.0. The Bertz CT molecular complexity index is 1740. The number of ether oxygens (including phenoxy) is 3. The van der Waals surface area contributed by atoms with Crippen molar-refractivity contribution in [2.45, 2.75) is 39.5 Å². The molecule has 3 aromatic carbocycles. The standard InChI is InChI=1S/C32H30N2O5S/c1-20(2)39-31(36)28-21(3)33-32-34(29(28)24-13-9-6-10-14-24)30(35)27(40-32)18-23-15-16-25(26(17-23)37-4)38-19-22-11-7-5-8-12-22/h5-18,20,29H,19H2,1-4H3. The van der Waals surface area contributed by atoms with Gasteiger partial charge in [0.1, 0.15) is 6.61 Å². The van der Waals surface area contributed by atoms with E-state index >= 15 is 0 Å². The zero-order valence-corrected chi connectivity index (χ0v) is 23.6. The first-order valence-corrected chi connectivity index (χ1v) is 13.8. The summed E-state index contributed by atoms with van der Waals surface area (Å²) >= 11 is 1.28. The summed E-state index contributed by atoms with van der Waals surface area (Å²) in [6.45, 7) is 5.79. The molecule has 0 N–H and O–H groups in total. The summed E-state index contributed by atoms with van der Waals surface area (Å²) in [7, 11) is 1.59. The maximum absolute atomic E-state index is 13.8. The number of methoxy groups -OCH3 is 1. The minimum Gasteiger partial charge on any atom is -0.493 e. The monoisotopic (exact) mass is 554 g/mol. The van der Waals surface area contributed by atoms with Crippen molar-refractivity contribution in [3.63, 3.8) is 0 Å². The number of nitrogens with zero attached hydrogens (tertiary/aromatic N) is 2. The van der Waals surface area contributed by atoms with Crippen LogP contribution in [0.3, 0.4) is 0 Å². The Hall–Kier alpha value is -4.43. The molecule has 1 aromatic heterocycles. The summed E-state index contributed by atoms with van der Waals surface area (Å²) in [5.41, 5.74) is 3.30. The number of carbonyl (C=O) groups excluding carboxylic acids is 1. The van der Waals surface area contributed by atoms with Crippen LogP contribution in [-0.2, 0) is 16.1 Å². The quantitative estimate of drug-likeness (QED) is 0.293. The SMILES string of the molecule is COc1cc(C=c2sc3n(c2=O)C(c2ccccc2)C(C(=O)OC(C)C)=C(C)N=3)ccc1OCc1ccccc1. The predicted octanol–water partition coefficient (Wildman–Crippen LogP) is 4.77. The first kappa shape index (κ1) is 27.1. The molecule has 1 atom stereocenters. The third-order valence-corrected chi connectivity index (χ3v) is 7.41. The van der Waals surface area contributed by atoms with Crippen LogP contribution >= 0.6 is 11.3 Å². The number of allylic oxidation sites excluding steroid dienone is 1. The average molecular weight is 555 g/mol. The zero-order chi connectivity index (χ0) is 28.2. The summed E-state index contributed by atoms with van der Waals surface area (Å²) in [6, 6.07) is 24.3. The van der Waals surface area contributed by atoms with Crippen LogP contribution in [0.4, 0.5) is 0 Å². The summed E-state index contributed by atoms with van der Waals surface area (Å²) < 4.78 is 19.2. The minimum atomic E-state index is -0.644. The Kier molecular flexibility index (Phi) is 7.98. The van der Waals surface area contributed by atoms with E-state index in [-0.39, 0.29) is 11.7 Å². The summed E-state index contributed by atoms with van der Waals surface area (Å²) in [6.07, 6.45) is 1.50. The van der Waals surface area contributed by atoms with Crippen molar-refractivity contribution in [3.8, 4) is 11.5 Å². The second-order valence-electron chi connectivity index (χ2n) is 9.63. The van der Waals surface area contributed by atoms with Gasteiger partial charge in [0.15, 0.2) is 16.3 Å². The van der Waals surface area contributed by atoms with Gasteiger partial charge in [0.25, 0.3) is 5.56 Å². The van der Waals surface area contributed by atoms with E-state index in [1.165, 1.54) is 11.3 Å². The first-order chi connectivity index (χ1) is 19.4. The fourth-order valence-corrected chi connectivity index (χ4v) is 5.64. The van der Waals surface area contributed by atoms with Gasteiger partial charge in [0, 0.05) is 0 Å². The maximum Gasteiger partial charge on any atom is 0.338 e. The topological polar surface area (TPSA) is 79.1 Å². The molecule has 0 saturated carbocycles. The highest BCUT2D eigenvalue weighted by atomic mass is 32.1. The van der Waals surface area contributed by atoms with E-state index in [0.717, 1.165) is 16.7 Å². The Morgan fingerprint density at radius 1 is 1.02 bits per heavy atom. The Labute approximate surface area is 236 Å². The van der Waals surface area contributed by atoms with Crippen LogP contribution in [0.2, 0.25) is 0 Å². The molecular weight excluding hydrogens is 524 g/mol. The van der Waals surface area contributed by atoms with E-state index in [9.17, 15) is 9.59 Å². The number of rotatable bonds is 8. The van der Waals surface area contributed by atoms with Crippen LogP contribution in [0.1, 0.15) is 43.5 Å². The fraction of sp³-hybridized carbons (Fsp3) is 0.219. The number of hydrogen-bond donors (Lipinski definition) is 0. The van der Waals surface area contributed by atoms with E-state index in [0.29, 0.717) is 38.7 Å². The lowest BCUT2D eigenvalue weighted by Gasteiger charge is -2.25. The van der Waals surface area contributed by atoms with E-state index < -0.39 is 12.0 Å². The highest BCUT2D eigenvalue weighted by Crippen LogP contribution is 2.31. The molecule has 7 nitrogen and oxygen atoms in total. The molecule has 0 amide bonds. The van der Waals surface area contributed by atoms with Gasteiger partial charge in [-0.25, -0.2) is 9.79 Å². The lowest BCUT2D eigenvalue weighted by molar-refractivity contribution is -0.143. The lowest BCUT2D eigenvalue weighted by atomic mass is 9.96. The number of carbonyl (C=O) groups is 1. The van der Waals surface area contributed by atoms with Crippen LogP contribution < -0.4 is 24.4 Å². The minimum absolute atomic E-state index is 0.233. The number of fused-ring (bicyclic) bond motifs is 1. The van der Waals surface area contributed by atoms with Crippen molar-refractivity contribution in [3.05, 3.63) is 127 Å². The first-order valence-electron chi connectivity index (χ1n) is 13.0. The molecule has 204 valence electrons. The van der Waals surface area contributed by atoms with Crippen LogP contribution in [0, 0.1) is 0 Å². The Balaban J connectivity index is 1.54. The summed E-state index contributed by atoms with van der Waals surface area (Å²) in [5, 5.41) is 0. The van der Waals surface area contributed by atoms with Crippen molar-refractivity contribution in [2.24, 2.45) is 4.99 Å². The molecule has 8 heteroatoms. The number of thiazole rings is 1. The second kappa shape index (κ2) is 11.8. The zero-order valence-electron chi connectivity index (χ0n) is 22.8. The lowest BCUT2D eigenvalue weighted by Crippen LogP contribution is -2.40. The number of esters is 1. The molecule has 0 fully saturated rings. The van der Waals surface area contributed by atoms with E-state index in [1.54, 1.807) is 38.5 Å². The van der Waals surface area contributed by atoms with Gasteiger partial charge < -0.3 is 14.2 Å². The van der Waals surface area contributed by atoms with E-state index in [4.69, 9.17) is 14.2 Å². The van der Waals surface area contributed by atoms with Gasteiger partial charge in [-0.1, -0.05) is 78.1 Å². The van der Waals surface area contributed by atoms with Crippen LogP contribution in [0.25, 0.3) is 6.08 Å². The third-order valence-electron chi connectivity index (χ3n) is 6.42. The molecule has 4 aromatic rings. The molecule has 0 bridgehead atoms. The molecule has 1 aliphatic heterocycles. The second-order valence-corrected chi connectivity index (χ2v) is 10.6. The van der Waals surface area contributed by atoms with Gasteiger partial charge in [-0.2, -0.15) is 0 Å². The molecule has 0 saturated heterocycles. The van der Waals surface area contributed by atoms with Gasteiger partial charge in [0.05, 0.1) is 35.1 Å². The van der Waals surface area contributed by atoms with Crippen LogP contribution in [-0.4, -0.2) is 23.8 Å². The van der Waals surface area contributed by atoms with Gasteiger partial charge in [-0.3, -0.25) is 9.36 Å². The van der Waals surface area contributed by atoms with Gasteiger partial charge in [0.2, 0.25) is 0 Å². The summed E-state index contributed by atoms with van der Waals surface area (Å²) in [4.78, 5) is 32.2. The van der Waals surface area contributed by atoms with Gasteiger partial charge in [-0.05, 0) is 55.7 Å². The van der Waals surface area contributed by atoms with Gasteiger partial charge >= 0.3 is 5.97 Å². The van der Waals surface area contributed by atoms with E-state index in [1.807, 2.05) is 78.9 Å². The molecular formula is C32H30N2O5S. The molecule has 1 unspecified atom stereocenters. The predicted molar refractivity (Wildman–Crippen MR) is 155 cm³/mol. The Morgan fingerprint density at radius 3 is 2.40 bits per heavy atom. The highest BCUT2D eigenvalue weighted by molar-refractivity contribution is 7.07. The average Bonchev–Trinajstić information content (AvgIpc) is 3.25. The van der Waals surface area contributed by atoms with E-state index in [2.05, 4.69) is 4.99 Å². The van der Waals surface area contributed by atoms with Gasteiger partial charge in [-0.15, -0.1) is 0 Å².